The molecule has 2 fully saturated rings. The highest BCUT2D eigenvalue weighted by atomic mass is 16.2. The van der Waals surface area contributed by atoms with E-state index in [4.69, 9.17) is 0 Å². The molecule has 2 aromatic rings. The largest absolute Gasteiger partial charge is 0.339 e. The molecule has 2 aliphatic rings. The highest BCUT2D eigenvalue weighted by Crippen LogP contribution is 2.49. The molecule has 1 saturated carbocycles. The molecule has 3 nitrogen and oxygen atoms in total. The van der Waals surface area contributed by atoms with Crippen molar-refractivity contribution in [1.29, 1.82) is 0 Å². The molecule has 1 saturated heterocycles. The minimum Gasteiger partial charge on any atom is -0.339 e. The van der Waals surface area contributed by atoms with Gasteiger partial charge in [-0.15, -0.1) is 0 Å². The summed E-state index contributed by atoms with van der Waals surface area (Å²) in [6.45, 7) is 5.16. The van der Waals surface area contributed by atoms with E-state index < -0.39 is 0 Å². The van der Waals surface area contributed by atoms with Gasteiger partial charge in [-0.05, 0) is 61.0 Å². The van der Waals surface area contributed by atoms with E-state index in [1.807, 2.05) is 0 Å². The van der Waals surface area contributed by atoms with Crippen LogP contribution in [0.5, 0.6) is 0 Å². The van der Waals surface area contributed by atoms with Crippen molar-refractivity contribution >= 4 is 16.7 Å². The summed E-state index contributed by atoms with van der Waals surface area (Å²) in [6, 6.07) is 15.6. The van der Waals surface area contributed by atoms with Gasteiger partial charge in [-0.1, -0.05) is 49.4 Å². The molecule has 1 N–H and O–H groups in total. The van der Waals surface area contributed by atoms with Gasteiger partial charge in [-0.3, -0.25) is 4.79 Å². The van der Waals surface area contributed by atoms with Crippen LogP contribution in [0, 0.1) is 5.92 Å². The van der Waals surface area contributed by atoms with Crippen molar-refractivity contribution in [2.45, 2.75) is 44.6 Å². The Morgan fingerprint density at radius 3 is 2.64 bits per heavy atom. The summed E-state index contributed by atoms with van der Waals surface area (Å²) in [5.41, 5.74) is 1.33. The highest BCUT2D eigenvalue weighted by Gasteiger charge is 2.46. The molecule has 0 radical (unpaired) electrons. The zero-order chi connectivity index (χ0) is 17.2. The minimum atomic E-state index is 0.197. The molecule has 1 aliphatic heterocycles. The first-order valence-electron chi connectivity index (χ1n) is 9.78. The number of hydrogen-bond donors (Lipinski definition) is 1. The van der Waals surface area contributed by atoms with E-state index in [-0.39, 0.29) is 5.92 Å². The molecule has 1 heterocycles. The quantitative estimate of drug-likeness (QED) is 0.897. The van der Waals surface area contributed by atoms with E-state index in [0.29, 0.717) is 17.9 Å². The van der Waals surface area contributed by atoms with E-state index in [1.54, 1.807) is 0 Å². The van der Waals surface area contributed by atoms with Crippen LogP contribution in [0.15, 0.2) is 42.5 Å². The fourth-order valence-corrected chi connectivity index (χ4v) is 4.32. The van der Waals surface area contributed by atoms with Crippen LogP contribution in [-0.2, 0) is 4.79 Å². The van der Waals surface area contributed by atoms with Crippen molar-refractivity contribution in [3.63, 3.8) is 0 Å². The number of rotatable bonds is 5. The van der Waals surface area contributed by atoms with Gasteiger partial charge in [0.25, 0.3) is 0 Å². The van der Waals surface area contributed by atoms with Crippen molar-refractivity contribution in [2.24, 2.45) is 5.92 Å². The Bertz CT molecular complexity index is 751. The van der Waals surface area contributed by atoms with E-state index in [1.165, 1.54) is 16.3 Å². The lowest BCUT2D eigenvalue weighted by Gasteiger charge is -2.35. The average Bonchev–Trinajstić information content (AvgIpc) is 3.47. The number of carbonyl (C=O) groups excluding carboxylic acids is 1. The molecule has 2 atom stereocenters. The van der Waals surface area contributed by atoms with Crippen LogP contribution < -0.4 is 5.32 Å². The smallest absolute Gasteiger partial charge is 0.226 e. The van der Waals surface area contributed by atoms with E-state index in [2.05, 4.69) is 59.6 Å². The van der Waals surface area contributed by atoms with Crippen LogP contribution >= 0.6 is 0 Å². The number of carbonyl (C=O) groups is 1. The maximum Gasteiger partial charge on any atom is 0.226 e. The molecule has 1 amide bonds. The summed E-state index contributed by atoms with van der Waals surface area (Å²) in [4.78, 5) is 15.3. The van der Waals surface area contributed by atoms with Crippen molar-refractivity contribution < 1.29 is 4.79 Å². The van der Waals surface area contributed by atoms with Crippen molar-refractivity contribution in [1.82, 2.24) is 10.2 Å². The number of hydrogen-bond acceptors (Lipinski definition) is 2. The Labute approximate surface area is 150 Å². The summed E-state index contributed by atoms with van der Waals surface area (Å²) in [7, 11) is 0. The fourth-order valence-electron chi connectivity index (χ4n) is 4.32. The predicted molar refractivity (Wildman–Crippen MR) is 103 cm³/mol. The first-order valence-corrected chi connectivity index (χ1v) is 9.78. The molecule has 0 bridgehead atoms. The van der Waals surface area contributed by atoms with Gasteiger partial charge in [-0.2, -0.15) is 0 Å². The van der Waals surface area contributed by atoms with E-state index in [9.17, 15) is 4.79 Å². The number of piperidine rings is 1. The van der Waals surface area contributed by atoms with E-state index >= 15 is 0 Å². The molecule has 0 aromatic heterocycles. The topological polar surface area (TPSA) is 32.3 Å². The van der Waals surface area contributed by atoms with Gasteiger partial charge < -0.3 is 10.2 Å². The van der Waals surface area contributed by atoms with Gasteiger partial charge in [0.1, 0.15) is 0 Å². The summed E-state index contributed by atoms with van der Waals surface area (Å²) >= 11 is 0. The first-order chi connectivity index (χ1) is 12.3. The third-order valence-corrected chi connectivity index (χ3v) is 5.81. The first kappa shape index (κ1) is 16.6. The number of fused-ring (bicyclic) bond motifs is 1. The standard InChI is InChI=1S/C22H28N2O/c1-2-13-24(19-9-11-23-12-10-19)22(25)21-15-20(21)18-8-7-16-5-3-4-6-17(16)14-18/h3-8,14,19-21,23H,2,9-13,15H2,1H3. The zero-order valence-electron chi connectivity index (χ0n) is 15.1. The summed E-state index contributed by atoms with van der Waals surface area (Å²) in [6.07, 6.45) is 4.25. The Kier molecular flexibility index (Phi) is 4.76. The molecule has 132 valence electrons. The molecule has 25 heavy (non-hydrogen) atoms. The van der Waals surface area contributed by atoms with Crippen molar-refractivity contribution in [3.8, 4) is 0 Å². The number of nitrogens with zero attached hydrogens (tertiary/aromatic N) is 1. The predicted octanol–water partition coefficient (Wildman–Crippen LogP) is 3.93. The molecule has 2 unspecified atom stereocenters. The monoisotopic (exact) mass is 336 g/mol. The van der Waals surface area contributed by atoms with Gasteiger partial charge in [0.2, 0.25) is 5.91 Å². The summed E-state index contributed by atoms with van der Waals surface area (Å²) < 4.78 is 0. The van der Waals surface area contributed by atoms with Crippen LogP contribution in [0.4, 0.5) is 0 Å². The number of nitrogens with one attached hydrogen (secondary N) is 1. The van der Waals surface area contributed by atoms with Gasteiger partial charge in [0.15, 0.2) is 0 Å². The molecule has 1 aliphatic carbocycles. The van der Waals surface area contributed by atoms with Crippen LogP contribution in [0.1, 0.15) is 44.1 Å². The third-order valence-electron chi connectivity index (χ3n) is 5.81. The Hall–Kier alpha value is -1.87. The second-order valence-corrected chi connectivity index (χ2v) is 7.57. The van der Waals surface area contributed by atoms with Crippen LogP contribution in [0.3, 0.4) is 0 Å². The molecular formula is C22H28N2O. The summed E-state index contributed by atoms with van der Waals surface area (Å²) in [5, 5.41) is 5.96. The molecule has 4 rings (SSSR count). The van der Waals surface area contributed by atoms with Crippen molar-refractivity contribution in [3.05, 3.63) is 48.0 Å². The van der Waals surface area contributed by atoms with Crippen LogP contribution in [0.2, 0.25) is 0 Å². The van der Waals surface area contributed by atoms with E-state index in [0.717, 1.165) is 45.3 Å². The number of amides is 1. The fraction of sp³-hybridized carbons (Fsp3) is 0.500. The van der Waals surface area contributed by atoms with Gasteiger partial charge in [0, 0.05) is 18.5 Å². The lowest BCUT2D eigenvalue weighted by Crippen LogP contribution is -2.47. The van der Waals surface area contributed by atoms with Crippen molar-refractivity contribution in [2.75, 3.05) is 19.6 Å². The maximum absolute atomic E-state index is 13.1. The molecule has 2 aromatic carbocycles. The normalized spacial score (nSPS) is 23.6. The summed E-state index contributed by atoms with van der Waals surface area (Å²) in [5.74, 6) is 1.01. The Balaban J connectivity index is 1.48. The third kappa shape index (κ3) is 3.43. The van der Waals surface area contributed by atoms with Gasteiger partial charge in [-0.25, -0.2) is 0 Å². The lowest BCUT2D eigenvalue weighted by atomic mass is 10.0. The second-order valence-electron chi connectivity index (χ2n) is 7.57. The SMILES string of the molecule is CCCN(C(=O)C1CC1c1ccc2ccccc2c1)C1CCNCC1. The maximum atomic E-state index is 13.1. The Morgan fingerprint density at radius 1 is 1.12 bits per heavy atom. The van der Waals surface area contributed by atoms with Crippen LogP contribution in [-0.4, -0.2) is 36.5 Å². The Morgan fingerprint density at radius 2 is 1.88 bits per heavy atom. The van der Waals surface area contributed by atoms with Crippen LogP contribution in [0.25, 0.3) is 10.8 Å². The average molecular weight is 336 g/mol. The molecule has 0 spiro atoms. The molecule has 3 heteroatoms. The second kappa shape index (κ2) is 7.17. The zero-order valence-corrected chi connectivity index (χ0v) is 15.1. The molecular weight excluding hydrogens is 308 g/mol. The van der Waals surface area contributed by atoms with Gasteiger partial charge >= 0.3 is 0 Å². The lowest BCUT2D eigenvalue weighted by molar-refractivity contribution is -0.135. The number of benzene rings is 2. The minimum absolute atomic E-state index is 0.197. The van der Waals surface area contributed by atoms with Gasteiger partial charge in [0.05, 0.1) is 0 Å². The highest BCUT2D eigenvalue weighted by molar-refractivity contribution is 5.86.